The van der Waals surface area contributed by atoms with E-state index in [1.807, 2.05) is 13.8 Å². The van der Waals surface area contributed by atoms with Gasteiger partial charge in [-0.05, 0) is 40.5 Å². The third-order valence-electron chi connectivity index (χ3n) is 3.00. The SMILES string of the molecule is C=C(C)CC(CC(=C)C)(C(=O)OCC)C1OC(C)O1. The average molecular weight is 268 g/mol. The largest absolute Gasteiger partial charge is 0.465 e. The summed E-state index contributed by atoms with van der Waals surface area (Å²) in [7, 11) is 0. The van der Waals surface area contributed by atoms with Gasteiger partial charge in [-0.2, -0.15) is 0 Å². The molecular weight excluding hydrogens is 244 g/mol. The zero-order valence-corrected chi connectivity index (χ0v) is 12.3. The van der Waals surface area contributed by atoms with Crippen molar-refractivity contribution in [1.82, 2.24) is 0 Å². The van der Waals surface area contributed by atoms with Crippen molar-refractivity contribution in [2.75, 3.05) is 6.61 Å². The van der Waals surface area contributed by atoms with Crippen LogP contribution in [0.1, 0.15) is 40.5 Å². The second-order valence-corrected chi connectivity index (χ2v) is 5.32. The molecule has 0 bridgehead atoms. The molecule has 0 N–H and O–H groups in total. The van der Waals surface area contributed by atoms with Crippen LogP contribution in [0.15, 0.2) is 24.3 Å². The molecule has 19 heavy (non-hydrogen) atoms. The maximum Gasteiger partial charge on any atom is 0.317 e. The zero-order chi connectivity index (χ0) is 14.6. The lowest BCUT2D eigenvalue weighted by Crippen LogP contribution is -2.55. The van der Waals surface area contributed by atoms with Crippen molar-refractivity contribution in [3.63, 3.8) is 0 Å². The number of esters is 1. The lowest BCUT2D eigenvalue weighted by Gasteiger charge is -2.46. The summed E-state index contributed by atoms with van der Waals surface area (Å²) in [6.07, 6.45) is 0.0654. The molecule has 0 atom stereocenters. The lowest BCUT2D eigenvalue weighted by molar-refractivity contribution is -0.406. The molecule has 1 heterocycles. The lowest BCUT2D eigenvalue weighted by atomic mass is 9.75. The van der Waals surface area contributed by atoms with Gasteiger partial charge in [0.1, 0.15) is 5.41 Å². The Morgan fingerprint density at radius 1 is 1.21 bits per heavy atom. The highest BCUT2D eigenvalue weighted by molar-refractivity contribution is 5.78. The van der Waals surface area contributed by atoms with E-state index >= 15 is 0 Å². The van der Waals surface area contributed by atoms with Gasteiger partial charge >= 0.3 is 5.97 Å². The summed E-state index contributed by atoms with van der Waals surface area (Å²) < 4.78 is 16.4. The molecule has 0 aromatic heterocycles. The zero-order valence-electron chi connectivity index (χ0n) is 12.3. The van der Waals surface area contributed by atoms with Crippen molar-refractivity contribution in [3.05, 3.63) is 24.3 Å². The van der Waals surface area contributed by atoms with Crippen LogP contribution in [0.3, 0.4) is 0 Å². The Hall–Kier alpha value is -1.13. The molecule has 4 heteroatoms. The summed E-state index contributed by atoms with van der Waals surface area (Å²) in [5.41, 5.74) is 0.905. The summed E-state index contributed by atoms with van der Waals surface area (Å²) >= 11 is 0. The van der Waals surface area contributed by atoms with Crippen LogP contribution in [-0.2, 0) is 19.0 Å². The molecule has 0 unspecified atom stereocenters. The normalized spacial score (nSPS) is 22.5. The Balaban J connectivity index is 3.04. The van der Waals surface area contributed by atoms with Gasteiger partial charge in [0.15, 0.2) is 12.6 Å². The van der Waals surface area contributed by atoms with Gasteiger partial charge in [0.25, 0.3) is 0 Å². The minimum absolute atomic E-state index is 0.283. The number of rotatable bonds is 7. The Bertz CT molecular complexity index is 350. The monoisotopic (exact) mass is 268 g/mol. The molecule has 108 valence electrons. The summed E-state index contributed by atoms with van der Waals surface area (Å²) in [5, 5.41) is 0. The van der Waals surface area contributed by atoms with Crippen molar-refractivity contribution in [3.8, 4) is 0 Å². The molecule has 4 nitrogen and oxygen atoms in total. The van der Waals surface area contributed by atoms with Crippen LogP contribution in [0.25, 0.3) is 0 Å². The molecule has 1 aliphatic rings. The topological polar surface area (TPSA) is 44.8 Å². The number of carbonyl (C=O) groups excluding carboxylic acids is 1. The highest BCUT2D eigenvalue weighted by atomic mass is 16.9. The average Bonchev–Trinajstić information content (AvgIpc) is 2.22. The van der Waals surface area contributed by atoms with E-state index in [0.29, 0.717) is 19.4 Å². The van der Waals surface area contributed by atoms with Gasteiger partial charge < -0.3 is 14.2 Å². The molecule has 0 spiro atoms. The highest BCUT2D eigenvalue weighted by Crippen LogP contribution is 2.44. The Kier molecular flexibility index (Phi) is 5.32. The molecule has 0 amide bonds. The number of hydrogen-bond donors (Lipinski definition) is 0. The second kappa shape index (κ2) is 6.35. The maximum atomic E-state index is 12.4. The van der Waals surface area contributed by atoms with Crippen LogP contribution < -0.4 is 0 Å². The molecule has 0 radical (unpaired) electrons. The third kappa shape index (κ3) is 3.67. The highest BCUT2D eigenvalue weighted by Gasteiger charge is 2.53. The van der Waals surface area contributed by atoms with E-state index in [2.05, 4.69) is 13.2 Å². The quantitative estimate of drug-likeness (QED) is 0.525. The summed E-state index contributed by atoms with van der Waals surface area (Å²) in [6.45, 7) is 15.5. The third-order valence-corrected chi connectivity index (χ3v) is 3.00. The first-order valence-electron chi connectivity index (χ1n) is 6.58. The molecular formula is C15H24O4. The van der Waals surface area contributed by atoms with Crippen molar-refractivity contribution < 1.29 is 19.0 Å². The standard InChI is InChI=1S/C15H24O4/c1-7-17-13(16)15(8-10(2)3,9-11(4)5)14-18-12(6)19-14/h12,14H,2,4,7-9H2,1,3,5-6H3. The molecule has 1 rings (SSSR count). The molecule has 0 aliphatic carbocycles. The minimum Gasteiger partial charge on any atom is -0.465 e. The van der Waals surface area contributed by atoms with E-state index < -0.39 is 11.7 Å². The van der Waals surface area contributed by atoms with Gasteiger partial charge in [-0.3, -0.25) is 4.79 Å². The van der Waals surface area contributed by atoms with E-state index in [0.717, 1.165) is 11.1 Å². The van der Waals surface area contributed by atoms with Gasteiger partial charge in [0.05, 0.1) is 6.61 Å². The fraction of sp³-hybridized carbons (Fsp3) is 0.667. The molecule has 1 aliphatic heterocycles. The first-order chi connectivity index (χ1) is 8.81. The van der Waals surface area contributed by atoms with Gasteiger partial charge in [-0.15, -0.1) is 13.2 Å². The predicted molar refractivity (Wildman–Crippen MR) is 73.3 cm³/mol. The van der Waals surface area contributed by atoms with Crippen molar-refractivity contribution in [1.29, 1.82) is 0 Å². The number of carbonyl (C=O) groups is 1. The van der Waals surface area contributed by atoms with E-state index in [1.54, 1.807) is 13.8 Å². The van der Waals surface area contributed by atoms with Gasteiger partial charge in [0, 0.05) is 0 Å². The van der Waals surface area contributed by atoms with Crippen molar-refractivity contribution in [2.24, 2.45) is 5.41 Å². The molecule has 0 saturated carbocycles. The minimum atomic E-state index is -0.875. The number of allylic oxidation sites excluding steroid dienone is 2. The Labute approximate surface area is 115 Å². The molecule has 1 fully saturated rings. The van der Waals surface area contributed by atoms with Crippen molar-refractivity contribution in [2.45, 2.75) is 53.1 Å². The molecule has 1 saturated heterocycles. The molecule has 0 aromatic rings. The van der Waals surface area contributed by atoms with Crippen LogP contribution >= 0.6 is 0 Å². The van der Waals surface area contributed by atoms with E-state index in [4.69, 9.17) is 14.2 Å². The second-order valence-electron chi connectivity index (χ2n) is 5.32. The Morgan fingerprint density at radius 3 is 2.00 bits per heavy atom. The first-order valence-corrected chi connectivity index (χ1v) is 6.58. The van der Waals surface area contributed by atoms with E-state index in [9.17, 15) is 4.79 Å². The van der Waals surface area contributed by atoms with Crippen molar-refractivity contribution >= 4 is 5.97 Å². The summed E-state index contributed by atoms with van der Waals surface area (Å²) in [4.78, 5) is 12.4. The van der Waals surface area contributed by atoms with Crippen LogP contribution in [-0.4, -0.2) is 25.2 Å². The smallest absolute Gasteiger partial charge is 0.317 e. The van der Waals surface area contributed by atoms with Crippen LogP contribution in [0, 0.1) is 5.41 Å². The van der Waals surface area contributed by atoms with Gasteiger partial charge in [0.2, 0.25) is 0 Å². The van der Waals surface area contributed by atoms with E-state index in [1.165, 1.54) is 0 Å². The van der Waals surface area contributed by atoms with Crippen LogP contribution in [0.4, 0.5) is 0 Å². The first kappa shape index (κ1) is 15.9. The fourth-order valence-corrected chi connectivity index (χ4v) is 2.44. The Morgan fingerprint density at radius 2 is 1.68 bits per heavy atom. The summed E-state index contributed by atoms with van der Waals surface area (Å²) in [5.74, 6) is -0.307. The molecule has 0 aromatic carbocycles. The van der Waals surface area contributed by atoms with Gasteiger partial charge in [-0.1, -0.05) is 11.1 Å². The van der Waals surface area contributed by atoms with E-state index in [-0.39, 0.29) is 12.3 Å². The maximum absolute atomic E-state index is 12.4. The number of ether oxygens (including phenoxy) is 3. The van der Waals surface area contributed by atoms with Gasteiger partial charge in [-0.25, -0.2) is 0 Å². The van der Waals surface area contributed by atoms with Crippen LogP contribution in [0.2, 0.25) is 0 Å². The summed E-state index contributed by atoms with van der Waals surface area (Å²) in [6, 6.07) is 0. The predicted octanol–water partition coefficient (Wildman–Crippen LogP) is 3.19. The van der Waals surface area contributed by atoms with Crippen LogP contribution in [0.5, 0.6) is 0 Å². The number of hydrogen-bond acceptors (Lipinski definition) is 4. The fourth-order valence-electron chi connectivity index (χ4n) is 2.44.